The van der Waals surface area contributed by atoms with E-state index < -0.39 is 0 Å². The van der Waals surface area contributed by atoms with Gasteiger partial charge in [-0.15, -0.1) is 12.6 Å². The quantitative estimate of drug-likeness (QED) is 0.222. The molecule has 0 bridgehead atoms. The zero-order valence-corrected chi connectivity index (χ0v) is 18.5. The summed E-state index contributed by atoms with van der Waals surface area (Å²) in [6, 6.07) is 26.5. The second-order valence-corrected chi connectivity index (χ2v) is 9.00. The van der Waals surface area contributed by atoms with Crippen LogP contribution in [0.5, 0.6) is 0 Å². The molecule has 4 nitrogen and oxygen atoms in total. The van der Waals surface area contributed by atoms with Crippen LogP contribution in [0.4, 0.5) is 17.1 Å². The number of benzene rings is 4. The molecule has 32 heavy (non-hydrogen) atoms. The predicted molar refractivity (Wildman–Crippen MR) is 132 cm³/mol. The first-order valence-corrected chi connectivity index (χ1v) is 11.2. The van der Waals surface area contributed by atoms with E-state index in [-0.39, 0.29) is 28.4 Å². The van der Waals surface area contributed by atoms with E-state index in [0.29, 0.717) is 21.7 Å². The normalized spacial score (nSPS) is 12.3. The molecule has 1 aliphatic rings. The zero-order valence-electron chi connectivity index (χ0n) is 16.8. The third-order valence-corrected chi connectivity index (χ3v) is 6.71. The summed E-state index contributed by atoms with van der Waals surface area (Å²) in [5.41, 5.74) is 8.95. The molecule has 4 aromatic rings. The summed E-state index contributed by atoms with van der Waals surface area (Å²) in [5.74, 6) is -0.491. The number of nitrogen functional groups attached to an aromatic ring is 1. The monoisotopic (exact) mass is 454 g/mol. The van der Waals surface area contributed by atoms with Crippen molar-refractivity contribution in [3.05, 3.63) is 107 Å². The molecule has 0 saturated heterocycles. The van der Waals surface area contributed by atoms with E-state index in [9.17, 15) is 9.59 Å². The molecule has 0 radical (unpaired) electrons. The highest BCUT2D eigenvalue weighted by Gasteiger charge is 2.34. The molecule has 0 atom stereocenters. The Morgan fingerprint density at radius 2 is 1.28 bits per heavy atom. The number of anilines is 3. The van der Waals surface area contributed by atoms with Crippen molar-refractivity contribution in [2.45, 2.75) is 14.7 Å². The number of nitrogens with two attached hydrogens (primary N) is 1. The van der Waals surface area contributed by atoms with Gasteiger partial charge in [-0.25, -0.2) is 0 Å². The zero-order chi connectivity index (χ0) is 22.2. The summed E-state index contributed by atoms with van der Waals surface area (Å²) < 4.78 is 0. The largest absolute Gasteiger partial charge is 0.397 e. The average Bonchev–Trinajstić information content (AvgIpc) is 2.81. The summed E-state index contributed by atoms with van der Waals surface area (Å²) in [5, 5.41) is 3.29. The molecule has 0 fully saturated rings. The summed E-state index contributed by atoms with van der Waals surface area (Å²) in [7, 11) is 0. The van der Waals surface area contributed by atoms with Gasteiger partial charge in [0.2, 0.25) is 0 Å². The second-order valence-electron chi connectivity index (χ2n) is 7.38. The molecule has 3 N–H and O–H groups in total. The standard InChI is InChI=1S/C26H18N2O2S2/c27-24-21(31)14-20(22-23(24)26(30)19-9-5-4-8-18(19)25(22)29)28-15-10-12-17(13-11-15)32-16-6-2-1-3-7-16/h1-14,28,31H,27H2. The van der Waals surface area contributed by atoms with E-state index in [4.69, 9.17) is 5.73 Å². The fourth-order valence-electron chi connectivity index (χ4n) is 3.79. The first-order chi connectivity index (χ1) is 15.5. The highest BCUT2D eigenvalue weighted by Crippen LogP contribution is 2.40. The Morgan fingerprint density at radius 3 is 1.94 bits per heavy atom. The number of fused-ring (bicyclic) bond motifs is 2. The minimum atomic E-state index is -0.263. The smallest absolute Gasteiger partial charge is 0.196 e. The maximum absolute atomic E-state index is 13.3. The second kappa shape index (κ2) is 8.22. The Kier molecular flexibility index (Phi) is 5.25. The molecule has 0 saturated carbocycles. The van der Waals surface area contributed by atoms with Crippen molar-refractivity contribution in [3.63, 3.8) is 0 Å². The first kappa shape index (κ1) is 20.4. The SMILES string of the molecule is Nc1c(S)cc(Nc2ccc(Sc3ccccc3)cc2)c2c1C(=O)c1ccccc1C2=O. The average molecular weight is 455 g/mol. The fraction of sp³-hybridized carbons (Fsp3) is 0. The van der Waals surface area contributed by atoms with Gasteiger partial charge < -0.3 is 11.1 Å². The number of hydrogen-bond acceptors (Lipinski definition) is 6. The van der Waals surface area contributed by atoms with Gasteiger partial charge in [0.1, 0.15) is 0 Å². The van der Waals surface area contributed by atoms with Crippen molar-refractivity contribution in [2.24, 2.45) is 0 Å². The third kappa shape index (κ3) is 3.57. The molecule has 0 spiro atoms. The Labute approximate surface area is 195 Å². The van der Waals surface area contributed by atoms with Gasteiger partial charge in [-0.2, -0.15) is 0 Å². The minimum Gasteiger partial charge on any atom is -0.397 e. The highest BCUT2D eigenvalue weighted by atomic mass is 32.2. The van der Waals surface area contributed by atoms with E-state index in [1.165, 1.54) is 0 Å². The molecule has 4 aromatic carbocycles. The van der Waals surface area contributed by atoms with Crippen molar-refractivity contribution >= 4 is 53.0 Å². The molecule has 0 heterocycles. The van der Waals surface area contributed by atoms with Crippen LogP contribution in [0.25, 0.3) is 0 Å². The molecule has 0 amide bonds. The van der Waals surface area contributed by atoms with Crippen molar-refractivity contribution in [3.8, 4) is 0 Å². The van der Waals surface area contributed by atoms with Crippen LogP contribution >= 0.6 is 24.4 Å². The summed E-state index contributed by atoms with van der Waals surface area (Å²) in [6.45, 7) is 0. The van der Waals surface area contributed by atoms with Crippen molar-refractivity contribution in [1.29, 1.82) is 0 Å². The molecule has 0 aliphatic heterocycles. The number of rotatable bonds is 4. The Balaban J connectivity index is 1.51. The van der Waals surface area contributed by atoms with Gasteiger partial charge in [-0.3, -0.25) is 9.59 Å². The molecular formula is C26H18N2O2S2. The Hall–Kier alpha value is -3.48. The third-order valence-electron chi connectivity index (χ3n) is 5.33. The van der Waals surface area contributed by atoms with E-state index >= 15 is 0 Å². The van der Waals surface area contributed by atoms with E-state index in [1.807, 2.05) is 42.5 Å². The van der Waals surface area contributed by atoms with Crippen LogP contribution in [-0.4, -0.2) is 11.6 Å². The van der Waals surface area contributed by atoms with Gasteiger partial charge in [0, 0.05) is 31.5 Å². The van der Waals surface area contributed by atoms with Crippen molar-refractivity contribution < 1.29 is 9.59 Å². The van der Waals surface area contributed by atoms with Crippen LogP contribution in [0.3, 0.4) is 0 Å². The number of carbonyl (C=O) groups is 2. The fourth-order valence-corrected chi connectivity index (χ4v) is 4.87. The molecule has 5 rings (SSSR count). The topological polar surface area (TPSA) is 72.2 Å². The Bertz CT molecular complexity index is 1370. The van der Waals surface area contributed by atoms with Gasteiger partial charge in [0.05, 0.1) is 22.5 Å². The summed E-state index contributed by atoms with van der Waals surface area (Å²) in [6.07, 6.45) is 0. The summed E-state index contributed by atoms with van der Waals surface area (Å²) >= 11 is 6.12. The number of hydrogen-bond donors (Lipinski definition) is 3. The lowest BCUT2D eigenvalue weighted by Gasteiger charge is -2.23. The molecule has 156 valence electrons. The van der Waals surface area contributed by atoms with Crippen LogP contribution in [0.1, 0.15) is 31.8 Å². The lowest BCUT2D eigenvalue weighted by Crippen LogP contribution is -2.24. The maximum Gasteiger partial charge on any atom is 0.196 e. The maximum atomic E-state index is 13.3. The van der Waals surface area contributed by atoms with Crippen LogP contribution < -0.4 is 11.1 Å². The molecule has 1 aliphatic carbocycles. The number of thiol groups is 1. The number of nitrogens with one attached hydrogen (secondary N) is 1. The molecular weight excluding hydrogens is 436 g/mol. The van der Waals surface area contributed by atoms with Gasteiger partial charge in [0.25, 0.3) is 0 Å². The lowest BCUT2D eigenvalue weighted by molar-refractivity contribution is 0.0980. The lowest BCUT2D eigenvalue weighted by atomic mass is 9.82. The van der Waals surface area contributed by atoms with Gasteiger partial charge in [-0.1, -0.05) is 54.2 Å². The van der Waals surface area contributed by atoms with Crippen molar-refractivity contribution in [2.75, 3.05) is 11.1 Å². The first-order valence-electron chi connectivity index (χ1n) is 9.97. The van der Waals surface area contributed by atoms with Crippen LogP contribution in [0.2, 0.25) is 0 Å². The van der Waals surface area contributed by atoms with Gasteiger partial charge in [0.15, 0.2) is 11.6 Å². The van der Waals surface area contributed by atoms with E-state index in [0.717, 1.165) is 15.5 Å². The Morgan fingerprint density at radius 1 is 0.719 bits per heavy atom. The molecule has 0 aromatic heterocycles. The van der Waals surface area contributed by atoms with Gasteiger partial charge in [-0.05, 0) is 42.5 Å². The molecule has 6 heteroatoms. The minimum absolute atomic E-state index is 0.208. The highest BCUT2D eigenvalue weighted by molar-refractivity contribution is 7.99. The van der Waals surface area contributed by atoms with Crippen LogP contribution in [0, 0.1) is 0 Å². The van der Waals surface area contributed by atoms with Crippen LogP contribution in [0.15, 0.2) is 99.6 Å². The van der Waals surface area contributed by atoms with E-state index in [1.54, 1.807) is 42.1 Å². The number of ketones is 2. The summed E-state index contributed by atoms with van der Waals surface area (Å²) in [4.78, 5) is 29.2. The van der Waals surface area contributed by atoms with Gasteiger partial charge >= 0.3 is 0 Å². The number of carbonyl (C=O) groups excluding carboxylic acids is 2. The van der Waals surface area contributed by atoms with E-state index in [2.05, 4.69) is 30.1 Å². The predicted octanol–water partition coefficient (Wildman–Crippen LogP) is 6.23. The molecule has 0 unspecified atom stereocenters. The van der Waals surface area contributed by atoms with Crippen molar-refractivity contribution in [1.82, 2.24) is 0 Å². The van der Waals surface area contributed by atoms with Crippen LogP contribution in [-0.2, 0) is 0 Å².